The normalized spacial score (nSPS) is 12.9. The molecule has 0 bridgehead atoms. The van der Waals surface area contributed by atoms with E-state index in [1.54, 1.807) is 62.3 Å². The maximum absolute atomic E-state index is 5.32. The van der Waals surface area contributed by atoms with Crippen molar-refractivity contribution in [3.05, 3.63) is 0 Å². The van der Waals surface area contributed by atoms with Crippen LogP contribution in [0.3, 0.4) is 0 Å². The van der Waals surface area contributed by atoms with E-state index in [4.69, 9.17) is 6.42 Å². The highest BCUT2D eigenvalue weighted by molar-refractivity contribution is 5.45. The first-order valence-electron chi connectivity index (χ1n) is 32.3. The van der Waals surface area contributed by atoms with Crippen LogP contribution in [0.4, 0.5) is 0 Å². The predicted molar refractivity (Wildman–Crippen MR) is 417 cm³/mol. The van der Waals surface area contributed by atoms with E-state index in [1.807, 2.05) is 6.92 Å². The minimum Gasteiger partial charge on any atom is -0.106 e. The largest absolute Gasteiger partial charge is 0.106 e. The number of rotatable bonds is 18. The van der Waals surface area contributed by atoms with Crippen molar-refractivity contribution in [2.24, 2.45) is 107 Å². The van der Waals surface area contributed by atoms with Gasteiger partial charge in [0.15, 0.2) is 0 Å². The molecule has 0 saturated carbocycles. The van der Waals surface area contributed by atoms with Crippen LogP contribution in [0.2, 0.25) is 0 Å². The molecule has 0 aliphatic carbocycles. The SMILES string of the molecule is C#CC#CC#CC#CC(C)C(C)C(C#CC#CC#CC)C(C)C(C#CC#CC#CC)C(C)C(C#CC#CC#CC)C(C)C(C#CC#CC#CC)C(C)C(C#CC#CC#CC)C(C)C(C#CC#CC#CC)C(C)C(C#CC#CC#CC)C(C)C(C#CC#CC#CC)C(C)CC#CC#CC#CC. The average Bonchev–Trinajstić information content (AvgIpc) is 0.800. The summed E-state index contributed by atoms with van der Waals surface area (Å²) in [6, 6.07) is 0. The summed E-state index contributed by atoms with van der Waals surface area (Å²) >= 11 is 0. The molecule has 0 N–H and O–H groups in total. The summed E-state index contributed by atoms with van der Waals surface area (Å²) in [6.45, 7) is 37.0. The molecule has 0 aromatic heterocycles. The van der Waals surface area contributed by atoms with Crippen LogP contribution in [0.1, 0.15) is 138 Å². The van der Waals surface area contributed by atoms with Crippen LogP contribution in [0.5, 0.6) is 0 Å². The van der Waals surface area contributed by atoms with Gasteiger partial charge >= 0.3 is 0 Å². The molecule has 0 aliphatic heterocycles. The Bertz CT molecular complexity index is 5100. The molecule has 0 amide bonds. The number of terminal acetylenes is 1. The van der Waals surface area contributed by atoms with Crippen molar-refractivity contribution in [2.75, 3.05) is 0 Å². The topological polar surface area (TPSA) is 0 Å². The minimum atomic E-state index is -0.485. The standard InChI is InChI=1S/C100H78/c1-21-31-41-51-61-63-73-83(11)85(13)94(76-66-54-44-34-24-4)87(15)96(78-68-56-46-36-26-6)89(17)98(80-70-58-48-38-28-8)91(19)100(82-72-60-50-40-30-10)92(20)99(81-71-59-49-39-29-9)90(18)97(79-69-57-47-37-27-7)88(16)95(77-67-55-45-35-25-5)86(14)93(75-65-53-43-33-23-3)84(12)74-64-62-52-42-32-22-2/h1,83-100H,74H2,2-20H3. The molecule has 0 heterocycles. The van der Waals surface area contributed by atoms with E-state index < -0.39 is 35.5 Å². The lowest BCUT2D eigenvalue weighted by molar-refractivity contribution is 0.112. The second-order valence-corrected chi connectivity index (χ2v) is 22.0. The van der Waals surface area contributed by atoms with Crippen LogP contribution in [-0.4, -0.2) is 0 Å². The molecule has 0 heteroatoms. The van der Waals surface area contributed by atoms with Gasteiger partial charge in [0.05, 0.1) is 0 Å². The van der Waals surface area contributed by atoms with Crippen molar-refractivity contribution < 1.29 is 0 Å². The zero-order valence-corrected chi connectivity index (χ0v) is 61.2. The molecule has 478 valence electrons. The summed E-state index contributed by atoms with van der Waals surface area (Å²) in [4.78, 5) is 0. The zero-order valence-electron chi connectivity index (χ0n) is 61.2. The van der Waals surface area contributed by atoms with Gasteiger partial charge in [-0.25, -0.2) is 0 Å². The van der Waals surface area contributed by atoms with Crippen LogP contribution in [0.15, 0.2) is 0 Å². The van der Waals surface area contributed by atoms with Gasteiger partial charge in [-0.05, 0) is 364 Å². The van der Waals surface area contributed by atoms with Crippen molar-refractivity contribution >= 4 is 0 Å². The van der Waals surface area contributed by atoms with Gasteiger partial charge in [0.25, 0.3) is 0 Å². The number of hydrogen-bond acceptors (Lipinski definition) is 0. The molecule has 0 fully saturated rings. The minimum absolute atomic E-state index is 0.0738. The molecule has 0 nitrogen and oxygen atoms in total. The summed E-state index contributed by atoms with van der Waals surface area (Å²) in [6.07, 6.45) is 5.80. The van der Waals surface area contributed by atoms with E-state index in [0.29, 0.717) is 6.42 Å². The third kappa shape index (κ3) is 36.7. The van der Waals surface area contributed by atoms with Crippen LogP contribution in [0.25, 0.3) is 0 Å². The molecule has 0 aromatic rings. The smallest absolute Gasteiger partial charge is 0.0288 e. The highest BCUT2D eigenvalue weighted by atomic mass is 14.5. The van der Waals surface area contributed by atoms with Crippen molar-refractivity contribution in [3.8, 4) is 368 Å². The van der Waals surface area contributed by atoms with Crippen molar-refractivity contribution in [2.45, 2.75) is 138 Å². The first-order valence-corrected chi connectivity index (χ1v) is 32.3. The first-order chi connectivity index (χ1) is 48.6. The predicted octanol–water partition coefficient (Wildman–Crippen LogP) is 12.6. The van der Waals surface area contributed by atoms with Crippen molar-refractivity contribution in [3.63, 3.8) is 0 Å². The van der Waals surface area contributed by atoms with E-state index in [-0.39, 0.29) is 71.0 Å². The van der Waals surface area contributed by atoms with Crippen LogP contribution in [-0.2, 0) is 0 Å². The Balaban J connectivity index is 9.81. The van der Waals surface area contributed by atoms with Gasteiger partial charge in [0.2, 0.25) is 0 Å². The van der Waals surface area contributed by atoms with Crippen molar-refractivity contribution in [1.82, 2.24) is 0 Å². The summed E-state index contributed by atoms with van der Waals surface area (Å²) in [7, 11) is 0. The zero-order chi connectivity index (χ0) is 74.2. The third-order valence-corrected chi connectivity index (χ3v) is 15.8. The molecule has 0 radical (unpaired) electrons. The maximum Gasteiger partial charge on any atom is 0.0288 e. The summed E-state index contributed by atoms with van der Waals surface area (Å²) < 4.78 is 0. The highest BCUT2D eigenvalue weighted by Crippen LogP contribution is 2.45. The summed E-state index contributed by atoms with van der Waals surface area (Å²) in [5, 5.41) is 0. The van der Waals surface area contributed by atoms with Gasteiger partial charge in [-0.15, -0.1) is 6.42 Å². The van der Waals surface area contributed by atoms with Crippen LogP contribution < -0.4 is 0 Å². The fourth-order valence-corrected chi connectivity index (χ4v) is 10.7. The fraction of sp³-hybridized carbons (Fsp3) is 0.380. The van der Waals surface area contributed by atoms with Gasteiger partial charge in [0.1, 0.15) is 0 Å². The van der Waals surface area contributed by atoms with E-state index >= 15 is 0 Å². The Labute approximate surface area is 608 Å². The van der Waals surface area contributed by atoms with Gasteiger partial charge < -0.3 is 0 Å². The van der Waals surface area contributed by atoms with Gasteiger partial charge in [-0.1, -0.05) is 182 Å². The molecule has 100 heavy (non-hydrogen) atoms. The summed E-state index contributed by atoms with van der Waals surface area (Å²) in [5.74, 6) is 177. The third-order valence-electron chi connectivity index (χ3n) is 15.8. The maximum atomic E-state index is 5.32. The van der Waals surface area contributed by atoms with Crippen LogP contribution >= 0.6 is 0 Å². The molecule has 0 aliphatic rings. The monoisotopic (exact) mass is 1280 g/mol. The van der Waals surface area contributed by atoms with E-state index in [2.05, 4.69) is 423 Å². The molecule has 18 unspecified atom stereocenters. The number of hydrogen-bond donors (Lipinski definition) is 0. The molecule has 18 atom stereocenters. The Hall–Kier alpha value is -13.6. The molecule has 0 saturated heterocycles. The van der Waals surface area contributed by atoms with E-state index in [1.165, 1.54) is 0 Å². The fourth-order valence-electron chi connectivity index (χ4n) is 10.7. The molecular formula is C100H78. The summed E-state index contributed by atoms with van der Waals surface area (Å²) in [5.41, 5.74) is 0. The van der Waals surface area contributed by atoms with Gasteiger partial charge in [-0.3, -0.25) is 0 Å². The molecule has 0 aromatic carbocycles. The second kappa shape index (κ2) is 58.0. The first kappa shape index (κ1) is 86.4. The Morgan fingerprint density at radius 1 is 0.180 bits per heavy atom. The van der Waals surface area contributed by atoms with Gasteiger partial charge in [-0.2, -0.15) is 0 Å². The Morgan fingerprint density at radius 3 is 0.580 bits per heavy atom. The van der Waals surface area contributed by atoms with E-state index in [0.717, 1.165) is 0 Å². The molecule has 0 rings (SSSR count). The van der Waals surface area contributed by atoms with E-state index in [9.17, 15) is 0 Å². The van der Waals surface area contributed by atoms with Gasteiger partial charge in [0, 0.05) is 59.7 Å². The van der Waals surface area contributed by atoms with Crippen LogP contribution in [0, 0.1) is 474 Å². The molecular weight excluding hydrogens is 1200 g/mol. The highest BCUT2D eigenvalue weighted by Gasteiger charge is 2.43. The lowest BCUT2D eigenvalue weighted by atomic mass is 9.60. The van der Waals surface area contributed by atoms with Crippen molar-refractivity contribution in [1.29, 1.82) is 0 Å². The Kier molecular flexibility index (Phi) is 50.1. The second-order valence-electron chi connectivity index (χ2n) is 22.0. The lowest BCUT2D eigenvalue weighted by Crippen LogP contribution is -2.40. The lowest BCUT2D eigenvalue weighted by Gasteiger charge is -2.41. The quantitative estimate of drug-likeness (QED) is 0.120. The Morgan fingerprint density at radius 2 is 0.350 bits per heavy atom. The average molecular weight is 1280 g/mol. The molecule has 0 spiro atoms.